The Balaban J connectivity index is 2.22. The van der Waals surface area contributed by atoms with Crippen molar-refractivity contribution in [2.45, 2.75) is 20.8 Å². The topological polar surface area (TPSA) is 13.1 Å². The third kappa shape index (κ3) is 2.06. The van der Waals surface area contributed by atoms with Crippen molar-refractivity contribution < 1.29 is 9.30 Å². The Labute approximate surface area is 142 Å². The number of hydrogen-bond donors (Lipinski definition) is 0. The van der Waals surface area contributed by atoms with E-state index in [0.29, 0.717) is 0 Å². The molecule has 0 radical (unpaired) electrons. The lowest BCUT2D eigenvalue weighted by Crippen LogP contribution is -2.28. The molecule has 120 valence electrons. The number of pyridine rings is 1. The molecule has 0 amide bonds. The molecule has 0 saturated heterocycles. The summed E-state index contributed by atoms with van der Waals surface area (Å²) in [5, 5.41) is 6.39. The van der Waals surface area contributed by atoms with E-state index in [1.165, 1.54) is 43.6 Å². The SMILES string of the molecule is COc1cc2ccc3c4cc(C)c(C)cc4c[n+](C)c3c2cc1C. The molecule has 1 aromatic heterocycles. The first-order chi connectivity index (χ1) is 11.5. The van der Waals surface area contributed by atoms with Crippen LogP contribution in [-0.4, -0.2) is 7.11 Å². The number of methoxy groups -OCH3 is 1. The van der Waals surface area contributed by atoms with Gasteiger partial charge in [0.1, 0.15) is 12.8 Å². The maximum atomic E-state index is 5.49. The summed E-state index contributed by atoms with van der Waals surface area (Å²) in [6.07, 6.45) is 2.24. The second-order valence-corrected chi connectivity index (χ2v) is 6.77. The van der Waals surface area contributed by atoms with Gasteiger partial charge in [0.25, 0.3) is 0 Å². The summed E-state index contributed by atoms with van der Waals surface area (Å²) in [5.74, 6) is 0.941. The quantitative estimate of drug-likeness (QED) is 0.359. The molecule has 0 atom stereocenters. The summed E-state index contributed by atoms with van der Waals surface area (Å²) in [6.45, 7) is 6.46. The Kier molecular flexibility index (Phi) is 3.24. The van der Waals surface area contributed by atoms with Crippen LogP contribution in [0.2, 0.25) is 0 Å². The van der Waals surface area contributed by atoms with E-state index in [1.807, 2.05) is 0 Å². The Morgan fingerprint density at radius 2 is 1.46 bits per heavy atom. The zero-order chi connectivity index (χ0) is 17.0. The van der Waals surface area contributed by atoms with Crippen LogP contribution in [0.4, 0.5) is 0 Å². The third-order valence-electron chi connectivity index (χ3n) is 5.15. The summed E-state index contributed by atoms with van der Waals surface area (Å²) in [7, 11) is 3.86. The predicted octanol–water partition coefficient (Wildman–Crippen LogP) is 4.90. The van der Waals surface area contributed by atoms with Crippen molar-refractivity contribution >= 4 is 32.4 Å². The monoisotopic (exact) mass is 316 g/mol. The minimum Gasteiger partial charge on any atom is -0.496 e. The van der Waals surface area contributed by atoms with E-state index in [-0.39, 0.29) is 0 Å². The van der Waals surface area contributed by atoms with E-state index in [2.05, 4.69) is 75.0 Å². The molecule has 0 fully saturated rings. The maximum absolute atomic E-state index is 5.49. The fourth-order valence-electron chi connectivity index (χ4n) is 3.71. The molecule has 4 aromatic rings. The van der Waals surface area contributed by atoms with E-state index in [0.717, 1.165) is 11.3 Å². The zero-order valence-electron chi connectivity index (χ0n) is 14.9. The molecule has 0 bridgehead atoms. The standard InChI is InChI=1S/C22H22NO/c1-13-8-17-12-23(4)22-18(19(17)9-14(13)2)7-6-16-11-21(24-5)15(3)10-20(16)22/h6-12H,1-5H3/q+1. The van der Waals surface area contributed by atoms with Crippen LogP contribution >= 0.6 is 0 Å². The first-order valence-electron chi connectivity index (χ1n) is 8.30. The fourth-order valence-corrected chi connectivity index (χ4v) is 3.71. The van der Waals surface area contributed by atoms with Gasteiger partial charge in [-0.15, -0.1) is 0 Å². The van der Waals surface area contributed by atoms with Gasteiger partial charge in [0.05, 0.1) is 17.9 Å². The first kappa shape index (κ1) is 14.9. The highest BCUT2D eigenvalue weighted by Gasteiger charge is 2.16. The van der Waals surface area contributed by atoms with Crippen LogP contribution in [0, 0.1) is 20.8 Å². The summed E-state index contributed by atoms with van der Waals surface area (Å²) in [6, 6.07) is 13.4. The van der Waals surface area contributed by atoms with E-state index >= 15 is 0 Å². The summed E-state index contributed by atoms with van der Waals surface area (Å²) in [5.41, 5.74) is 5.11. The van der Waals surface area contributed by atoms with E-state index in [4.69, 9.17) is 4.74 Å². The average Bonchev–Trinajstić information content (AvgIpc) is 2.55. The van der Waals surface area contributed by atoms with Gasteiger partial charge in [0.2, 0.25) is 5.52 Å². The molecule has 0 spiro atoms. The number of benzene rings is 3. The highest BCUT2D eigenvalue weighted by atomic mass is 16.5. The van der Waals surface area contributed by atoms with Crippen molar-refractivity contribution in [3.8, 4) is 5.75 Å². The number of ether oxygens (including phenoxy) is 1. The number of rotatable bonds is 1. The van der Waals surface area contributed by atoms with Gasteiger partial charge in [0.15, 0.2) is 6.20 Å². The molecule has 1 heterocycles. The molecule has 0 aliphatic heterocycles. The van der Waals surface area contributed by atoms with Crippen LogP contribution in [0.3, 0.4) is 0 Å². The van der Waals surface area contributed by atoms with Gasteiger partial charge in [-0.05, 0) is 67.1 Å². The minimum atomic E-state index is 0.941. The lowest BCUT2D eigenvalue weighted by Gasteiger charge is -2.10. The second kappa shape index (κ2) is 5.20. The number of aromatic nitrogens is 1. The normalized spacial score (nSPS) is 11.5. The predicted molar refractivity (Wildman–Crippen MR) is 101 cm³/mol. The lowest BCUT2D eigenvalue weighted by molar-refractivity contribution is -0.642. The van der Waals surface area contributed by atoms with Crippen LogP contribution in [0.15, 0.2) is 42.6 Å². The number of aryl methyl sites for hydroxylation is 4. The summed E-state index contributed by atoms with van der Waals surface area (Å²) in [4.78, 5) is 0. The van der Waals surface area contributed by atoms with Gasteiger partial charge >= 0.3 is 0 Å². The third-order valence-corrected chi connectivity index (χ3v) is 5.15. The molecule has 0 saturated carbocycles. The average molecular weight is 316 g/mol. The Hall–Kier alpha value is -2.61. The Morgan fingerprint density at radius 1 is 0.750 bits per heavy atom. The van der Waals surface area contributed by atoms with Gasteiger partial charge in [0, 0.05) is 10.8 Å². The van der Waals surface area contributed by atoms with Crippen LogP contribution in [0.5, 0.6) is 5.75 Å². The van der Waals surface area contributed by atoms with E-state index in [1.54, 1.807) is 7.11 Å². The molecule has 0 unspecified atom stereocenters. The maximum Gasteiger partial charge on any atom is 0.220 e. The Morgan fingerprint density at radius 3 is 2.21 bits per heavy atom. The molecular weight excluding hydrogens is 294 g/mol. The van der Waals surface area contributed by atoms with Crippen LogP contribution in [0.1, 0.15) is 16.7 Å². The fraction of sp³-hybridized carbons (Fsp3) is 0.227. The lowest BCUT2D eigenvalue weighted by atomic mass is 9.97. The van der Waals surface area contributed by atoms with Crippen molar-refractivity contribution in [2.24, 2.45) is 7.05 Å². The van der Waals surface area contributed by atoms with Crippen LogP contribution in [0.25, 0.3) is 32.4 Å². The molecule has 2 heteroatoms. The van der Waals surface area contributed by atoms with Gasteiger partial charge < -0.3 is 4.74 Å². The molecule has 0 aliphatic rings. The van der Waals surface area contributed by atoms with Gasteiger partial charge in [-0.25, -0.2) is 0 Å². The second-order valence-electron chi connectivity index (χ2n) is 6.77. The van der Waals surface area contributed by atoms with E-state index in [9.17, 15) is 0 Å². The molecule has 24 heavy (non-hydrogen) atoms. The summed E-state index contributed by atoms with van der Waals surface area (Å²) < 4.78 is 7.74. The van der Waals surface area contributed by atoms with Crippen molar-refractivity contribution in [1.29, 1.82) is 0 Å². The van der Waals surface area contributed by atoms with Gasteiger partial charge in [-0.1, -0.05) is 12.1 Å². The largest absolute Gasteiger partial charge is 0.496 e. The van der Waals surface area contributed by atoms with Crippen molar-refractivity contribution in [1.82, 2.24) is 0 Å². The highest BCUT2D eigenvalue weighted by molar-refractivity contribution is 6.13. The first-order valence-corrected chi connectivity index (χ1v) is 8.30. The van der Waals surface area contributed by atoms with E-state index < -0.39 is 0 Å². The van der Waals surface area contributed by atoms with Gasteiger partial charge in [-0.3, -0.25) is 0 Å². The van der Waals surface area contributed by atoms with Crippen LogP contribution < -0.4 is 9.30 Å². The zero-order valence-corrected chi connectivity index (χ0v) is 14.9. The van der Waals surface area contributed by atoms with Crippen molar-refractivity contribution in [3.63, 3.8) is 0 Å². The van der Waals surface area contributed by atoms with Crippen molar-refractivity contribution in [2.75, 3.05) is 7.11 Å². The number of fused-ring (bicyclic) bond motifs is 5. The minimum absolute atomic E-state index is 0.941. The molecule has 2 nitrogen and oxygen atoms in total. The Bertz CT molecular complexity index is 1130. The molecule has 3 aromatic carbocycles. The van der Waals surface area contributed by atoms with Crippen molar-refractivity contribution in [3.05, 3.63) is 59.3 Å². The van der Waals surface area contributed by atoms with Gasteiger partial charge in [-0.2, -0.15) is 4.57 Å². The summed E-state index contributed by atoms with van der Waals surface area (Å²) >= 11 is 0. The highest BCUT2D eigenvalue weighted by Crippen LogP contribution is 2.33. The van der Waals surface area contributed by atoms with Crippen LogP contribution in [-0.2, 0) is 7.05 Å². The molecule has 0 aliphatic carbocycles. The number of nitrogens with zero attached hydrogens (tertiary/aromatic N) is 1. The number of hydrogen-bond acceptors (Lipinski definition) is 1. The molecule has 4 rings (SSSR count). The smallest absolute Gasteiger partial charge is 0.220 e. The molecular formula is C22H22NO+. The molecule has 0 N–H and O–H groups in total.